The van der Waals surface area contributed by atoms with Crippen LogP contribution in [-0.4, -0.2) is 37.0 Å². The third-order valence-electron chi connectivity index (χ3n) is 5.38. The summed E-state index contributed by atoms with van der Waals surface area (Å²) in [7, 11) is 0. The monoisotopic (exact) mass is 337 g/mol. The Bertz CT molecular complexity index is 621. The lowest BCUT2D eigenvalue weighted by Gasteiger charge is -2.36. The molecule has 1 fully saturated rings. The summed E-state index contributed by atoms with van der Waals surface area (Å²) in [5.74, 6) is 0.173. The van der Waals surface area contributed by atoms with Crippen LogP contribution in [0.2, 0.25) is 0 Å². The molecule has 25 heavy (non-hydrogen) atoms. The Labute approximate surface area is 151 Å². The van der Waals surface area contributed by atoms with Crippen LogP contribution in [-0.2, 0) is 4.79 Å². The third-order valence-corrected chi connectivity index (χ3v) is 5.38. The fourth-order valence-electron chi connectivity index (χ4n) is 3.94. The molecule has 1 aliphatic rings. The third kappa shape index (κ3) is 4.00. The molecule has 1 saturated heterocycles. The van der Waals surface area contributed by atoms with Gasteiger partial charge in [0.1, 0.15) is 17.9 Å². The highest BCUT2D eigenvalue weighted by Crippen LogP contribution is 2.34. The zero-order valence-electron chi connectivity index (χ0n) is 15.2. The Hall–Kier alpha value is -1.97. The minimum Gasteiger partial charge on any atom is -0.298 e. The molecule has 132 valence electrons. The van der Waals surface area contributed by atoms with E-state index in [2.05, 4.69) is 29.2 Å². The number of carbonyl (C=O) groups excluding carboxylic acids is 1. The van der Waals surface area contributed by atoms with Gasteiger partial charge < -0.3 is 0 Å². The predicted octanol–water partition coefficient (Wildman–Crippen LogP) is 4.75. The second kappa shape index (κ2) is 8.41. The summed E-state index contributed by atoms with van der Waals surface area (Å²) in [4.78, 5) is 15.5. The van der Waals surface area contributed by atoms with Gasteiger partial charge in [-0.15, -0.1) is 0 Å². The Kier molecular flexibility index (Phi) is 6.00. The van der Waals surface area contributed by atoms with Gasteiger partial charge in [0.05, 0.1) is 6.92 Å². The number of likely N-dealkylation sites (tertiary alicyclic amines) is 1. The molecule has 0 spiro atoms. The number of hydrogen-bond acceptors (Lipinski definition) is 2. The number of hydrogen-bond donors (Lipinski definition) is 0. The van der Waals surface area contributed by atoms with E-state index in [0.717, 1.165) is 37.6 Å². The highest BCUT2D eigenvalue weighted by Gasteiger charge is 2.39. The Morgan fingerprint density at radius 1 is 0.840 bits per heavy atom. The predicted molar refractivity (Wildman–Crippen MR) is 105 cm³/mol. The van der Waals surface area contributed by atoms with E-state index < -0.39 is 0 Å². The van der Waals surface area contributed by atoms with Crippen LogP contribution in [0.4, 0.5) is 11.4 Å². The summed E-state index contributed by atoms with van der Waals surface area (Å²) in [6, 6.07) is 20.5. The van der Waals surface area contributed by atoms with Crippen LogP contribution in [0.3, 0.4) is 0 Å². The van der Waals surface area contributed by atoms with Gasteiger partial charge in [0.25, 0.3) is 0 Å². The van der Waals surface area contributed by atoms with Gasteiger partial charge >= 0.3 is 5.91 Å². The number of carbonyl (C=O) groups is 1. The summed E-state index contributed by atoms with van der Waals surface area (Å²) in [5, 5.41) is 0. The van der Waals surface area contributed by atoms with E-state index in [0.29, 0.717) is 0 Å². The average molecular weight is 337 g/mol. The van der Waals surface area contributed by atoms with E-state index in [1.807, 2.05) is 36.4 Å². The van der Waals surface area contributed by atoms with Crippen molar-refractivity contribution in [3.63, 3.8) is 0 Å². The summed E-state index contributed by atoms with van der Waals surface area (Å²) in [6.45, 7) is 5.76. The number of amides is 1. The smallest absolute Gasteiger partial charge is 0.298 e. The van der Waals surface area contributed by atoms with Crippen molar-refractivity contribution in [1.29, 1.82) is 0 Å². The van der Waals surface area contributed by atoms with E-state index in [-0.39, 0.29) is 10.4 Å². The van der Waals surface area contributed by atoms with Gasteiger partial charge in [-0.25, -0.2) is 4.79 Å². The number of benzene rings is 2. The summed E-state index contributed by atoms with van der Waals surface area (Å²) in [6.07, 6.45) is 5.22. The van der Waals surface area contributed by atoms with Gasteiger partial charge in [0, 0.05) is 30.8 Å². The Balaban J connectivity index is 1.94. The van der Waals surface area contributed by atoms with Crippen molar-refractivity contribution in [2.75, 3.05) is 26.2 Å². The number of nitrogens with zero attached hydrogens (tertiary/aromatic N) is 2. The first-order chi connectivity index (χ1) is 12.2. The molecular weight excluding hydrogens is 308 g/mol. The molecule has 0 saturated carbocycles. The van der Waals surface area contributed by atoms with Gasteiger partial charge in [-0.3, -0.25) is 4.90 Å². The Morgan fingerprint density at radius 2 is 1.32 bits per heavy atom. The van der Waals surface area contributed by atoms with Crippen LogP contribution >= 0.6 is 0 Å². The molecule has 1 heterocycles. The van der Waals surface area contributed by atoms with Gasteiger partial charge in [-0.1, -0.05) is 49.2 Å². The van der Waals surface area contributed by atoms with Gasteiger partial charge in [0.2, 0.25) is 0 Å². The van der Waals surface area contributed by atoms with Crippen LogP contribution < -0.4 is 4.48 Å². The van der Waals surface area contributed by atoms with Crippen LogP contribution in [0.15, 0.2) is 60.7 Å². The number of quaternary nitrogens is 1. The van der Waals surface area contributed by atoms with Gasteiger partial charge in [-0.2, -0.15) is 4.48 Å². The molecule has 1 amide bonds. The highest BCUT2D eigenvalue weighted by molar-refractivity contribution is 5.93. The van der Waals surface area contributed by atoms with Crippen molar-refractivity contribution in [3.8, 4) is 0 Å². The minimum absolute atomic E-state index is 0.173. The lowest BCUT2D eigenvalue weighted by molar-refractivity contribution is -0.125. The van der Waals surface area contributed by atoms with Crippen molar-refractivity contribution in [3.05, 3.63) is 60.7 Å². The maximum absolute atomic E-state index is 13.0. The molecule has 0 radical (unpaired) electrons. The quantitative estimate of drug-likeness (QED) is 0.734. The first kappa shape index (κ1) is 17.8. The topological polar surface area (TPSA) is 20.3 Å². The standard InChI is InChI=1S/C22H29N2O/c1-20(25)24(21-12-6-4-7-13-21,22-14-8-5-9-15-22)19-18-23-16-10-2-3-11-17-23/h4-9,12-15H,2-3,10-11,16-19H2,1H3/q+1. The van der Waals surface area contributed by atoms with Crippen LogP contribution in [0, 0.1) is 0 Å². The fraction of sp³-hybridized carbons (Fsp3) is 0.409. The van der Waals surface area contributed by atoms with Crippen molar-refractivity contribution in [2.24, 2.45) is 0 Å². The van der Waals surface area contributed by atoms with Crippen molar-refractivity contribution >= 4 is 17.3 Å². The lowest BCUT2D eigenvalue weighted by atomic mass is 10.1. The molecule has 0 aromatic heterocycles. The van der Waals surface area contributed by atoms with Crippen molar-refractivity contribution in [2.45, 2.75) is 32.6 Å². The van der Waals surface area contributed by atoms with Crippen LogP contribution in [0.1, 0.15) is 32.6 Å². The number of para-hydroxylation sites is 2. The van der Waals surface area contributed by atoms with Crippen LogP contribution in [0.5, 0.6) is 0 Å². The molecule has 3 rings (SSSR count). The maximum Gasteiger partial charge on any atom is 0.320 e. The Morgan fingerprint density at radius 3 is 1.76 bits per heavy atom. The van der Waals surface area contributed by atoms with E-state index in [9.17, 15) is 4.79 Å². The average Bonchev–Trinajstić information content (AvgIpc) is 2.93. The van der Waals surface area contributed by atoms with E-state index in [1.165, 1.54) is 25.7 Å². The molecule has 0 bridgehead atoms. The van der Waals surface area contributed by atoms with E-state index >= 15 is 0 Å². The zero-order chi connectivity index (χ0) is 17.5. The van der Waals surface area contributed by atoms with E-state index in [4.69, 9.17) is 0 Å². The first-order valence-electron chi connectivity index (χ1n) is 9.46. The molecule has 0 N–H and O–H groups in total. The van der Waals surface area contributed by atoms with Crippen molar-refractivity contribution < 1.29 is 4.79 Å². The first-order valence-corrected chi connectivity index (χ1v) is 9.46. The second-order valence-corrected chi connectivity index (χ2v) is 6.98. The highest BCUT2D eigenvalue weighted by atomic mass is 16.2. The van der Waals surface area contributed by atoms with Gasteiger partial charge in [-0.05, 0) is 25.9 Å². The molecular formula is C22H29N2O+. The minimum atomic E-state index is 0.173. The SMILES string of the molecule is CC(=O)[N+](CCN1CCCCCC1)(c1ccccc1)c1ccccc1. The fourth-order valence-corrected chi connectivity index (χ4v) is 3.94. The summed E-state index contributed by atoms with van der Waals surface area (Å²) in [5.41, 5.74) is 2.10. The molecule has 0 atom stereocenters. The zero-order valence-corrected chi connectivity index (χ0v) is 15.2. The normalized spacial score (nSPS) is 16.4. The molecule has 0 aliphatic carbocycles. The summed E-state index contributed by atoms with van der Waals surface area (Å²) >= 11 is 0. The lowest BCUT2D eigenvalue weighted by Crippen LogP contribution is -2.52. The van der Waals surface area contributed by atoms with Gasteiger partial charge in [0.15, 0.2) is 0 Å². The van der Waals surface area contributed by atoms with E-state index in [1.54, 1.807) is 6.92 Å². The largest absolute Gasteiger partial charge is 0.320 e. The molecule has 2 aromatic carbocycles. The summed E-state index contributed by atoms with van der Waals surface area (Å²) < 4.78 is 0.290. The molecule has 2 aromatic rings. The maximum atomic E-state index is 13.0. The second-order valence-electron chi connectivity index (χ2n) is 6.98. The van der Waals surface area contributed by atoms with Crippen molar-refractivity contribution in [1.82, 2.24) is 9.38 Å². The molecule has 3 heteroatoms. The molecule has 1 aliphatic heterocycles. The number of rotatable bonds is 5. The van der Waals surface area contributed by atoms with Crippen LogP contribution in [0.25, 0.3) is 0 Å². The molecule has 3 nitrogen and oxygen atoms in total. The molecule has 0 unspecified atom stereocenters.